The second kappa shape index (κ2) is 10.6. The van der Waals surface area contributed by atoms with Crippen molar-refractivity contribution in [1.29, 1.82) is 0 Å². The highest BCUT2D eigenvalue weighted by Gasteiger charge is 2.44. The van der Waals surface area contributed by atoms with Crippen LogP contribution in [0.1, 0.15) is 51.0 Å². The molecule has 4 amide bonds. The highest BCUT2D eigenvalue weighted by atomic mass is 16.5. The zero-order valence-electron chi connectivity index (χ0n) is 18.4. The first-order valence-electron chi connectivity index (χ1n) is 11.1. The summed E-state index contributed by atoms with van der Waals surface area (Å²) in [5.41, 5.74) is 0.708. The van der Waals surface area contributed by atoms with Gasteiger partial charge in [0.25, 0.3) is 5.91 Å². The fourth-order valence-corrected chi connectivity index (χ4v) is 4.24. The van der Waals surface area contributed by atoms with E-state index in [2.05, 4.69) is 17.6 Å². The van der Waals surface area contributed by atoms with Crippen LogP contribution in [0, 0.1) is 0 Å². The van der Waals surface area contributed by atoms with E-state index in [4.69, 9.17) is 9.47 Å². The van der Waals surface area contributed by atoms with Crippen molar-refractivity contribution in [2.45, 2.75) is 56.9 Å². The summed E-state index contributed by atoms with van der Waals surface area (Å²) in [4.78, 5) is 38.9. The van der Waals surface area contributed by atoms with E-state index in [1.165, 1.54) is 4.90 Å². The van der Waals surface area contributed by atoms with Gasteiger partial charge < -0.3 is 20.1 Å². The fraction of sp³-hybridized carbons (Fsp3) is 0.609. The predicted molar refractivity (Wildman–Crippen MR) is 116 cm³/mol. The molecule has 0 saturated carbocycles. The third kappa shape index (κ3) is 5.55. The maximum atomic E-state index is 13.0. The molecule has 2 N–H and O–H groups in total. The topological polar surface area (TPSA) is 97.0 Å². The summed E-state index contributed by atoms with van der Waals surface area (Å²) in [6.45, 7) is 4.16. The minimum absolute atomic E-state index is 0.0897. The molecule has 2 saturated heterocycles. The van der Waals surface area contributed by atoms with E-state index in [-0.39, 0.29) is 29.7 Å². The third-order valence-corrected chi connectivity index (χ3v) is 6.23. The predicted octanol–water partition coefficient (Wildman–Crippen LogP) is 2.36. The number of amides is 4. The van der Waals surface area contributed by atoms with Gasteiger partial charge in [0, 0.05) is 38.1 Å². The van der Waals surface area contributed by atoms with Crippen LogP contribution in [-0.4, -0.2) is 62.2 Å². The van der Waals surface area contributed by atoms with Crippen molar-refractivity contribution in [3.8, 4) is 5.75 Å². The lowest BCUT2D eigenvalue weighted by Gasteiger charge is -2.39. The molecule has 8 heteroatoms. The summed E-state index contributed by atoms with van der Waals surface area (Å²) in [6.07, 6.45) is 3.90. The monoisotopic (exact) mass is 431 g/mol. The van der Waals surface area contributed by atoms with Gasteiger partial charge in [-0.3, -0.25) is 14.5 Å². The molecular formula is C23H33N3O5. The molecule has 8 nitrogen and oxygen atoms in total. The molecule has 2 aliphatic heterocycles. The Bertz CT molecular complexity index is 774. The first-order valence-corrected chi connectivity index (χ1v) is 11.1. The molecule has 1 aromatic carbocycles. The van der Waals surface area contributed by atoms with Crippen molar-refractivity contribution >= 4 is 17.8 Å². The molecule has 2 heterocycles. The summed E-state index contributed by atoms with van der Waals surface area (Å²) >= 11 is 0. The van der Waals surface area contributed by atoms with E-state index in [1.807, 2.05) is 24.3 Å². The molecule has 1 aromatic rings. The van der Waals surface area contributed by atoms with Gasteiger partial charge in [0.1, 0.15) is 11.8 Å². The minimum Gasteiger partial charge on any atom is -0.497 e. The van der Waals surface area contributed by atoms with E-state index in [0.29, 0.717) is 32.7 Å². The van der Waals surface area contributed by atoms with Crippen LogP contribution in [0.3, 0.4) is 0 Å². The van der Waals surface area contributed by atoms with E-state index in [0.717, 1.165) is 37.0 Å². The van der Waals surface area contributed by atoms with Crippen molar-refractivity contribution in [1.82, 2.24) is 15.5 Å². The van der Waals surface area contributed by atoms with Gasteiger partial charge in [-0.2, -0.15) is 0 Å². The number of nitrogens with one attached hydrogen (secondary N) is 2. The van der Waals surface area contributed by atoms with Crippen molar-refractivity contribution in [3.05, 3.63) is 29.8 Å². The smallest absolute Gasteiger partial charge is 0.324 e. The van der Waals surface area contributed by atoms with Crippen LogP contribution in [0.5, 0.6) is 5.75 Å². The van der Waals surface area contributed by atoms with Gasteiger partial charge in [0.05, 0.1) is 7.11 Å². The van der Waals surface area contributed by atoms with E-state index < -0.39 is 6.04 Å². The lowest BCUT2D eigenvalue weighted by molar-refractivity contribution is -0.129. The quantitative estimate of drug-likeness (QED) is 0.438. The molecule has 1 atom stereocenters. The van der Waals surface area contributed by atoms with Gasteiger partial charge in [-0.15, -0.1) is 0 Å². The number of benzene rings is 1. The van der Waals surface area contributed by atoms with Crippen LogP contribution < -0.4 is 15.4 Å². The van der Waals surface area contributed by atoms with Crippen molar-refractivity contribution in [3.63, 3.8) is 0 Å². The van der Waals surface area contributed by atoms with Crippen LogP contribution >= 0.6 is 0 Å². The summed E-state index contributed by atoms with van der Waals surface area (Å²) < 4.78 is 10.8. The Morgan fingerprint density at radius 2 is 1.97 bits per heavy atom. The zero-order chi connectivity index (χ0) is 22.3. The molecule has 0 radical (unpaired) electrons. The Hall–Kier alpha value is -2.61. The highest BCUT2D eigenvalue weighted by Crippen LogP contribution is 2.37. The zero-order valence-corrected chi connectivity index (χ0v) is 18.4. The number of ether oxygens (including phenoxy) is 2. The number of nitrogens with zero attached hydrogens (tertiary/aromatic N) is 1. The van der Waals surface area contributed by atoms with Gasteiger partial charge in [0.2, 0.25) is 5.91 Å². The Kier molecular flexibility index (Phi) is 7.90. The number of hydrogen-bond donors (Lipinski definition) is 2. The lowest BCUT2D eigenvalue weighted by atomic mass is 9.73. The van der Waals surface area contributed by atoms with Crippen LogP contribution in [0.4, 0.5) is 4.79 Å². The average Bonchev–Trinajstić information content (AvgIpc) is 3.06. The van der Waals surface area contributed by atoms with Crippen LogP contribution in [0.2, 0.25) is 0 Å². The first kappa shape index (κ1) is 23.1. The molecule has 1 unspecified atom stereocenters. The average molecular weight is 432 g/mol. The third-order valence-electron chi connectivity index (χ3n) is 6.23. The number of carbonyl (C=O) groups excluding carboxylic acids is 3. The second-order valence-corrected chi connectivity index (χ2v) is 8.29. The number of methoxy groups -OCH3 is 1. The van der Waals surface area contributed by atoms with Crippen LogP contribution in [0.15, 0.2) is 24.3 Å². The Labute approximate surface area is 183 Å². The number of unbranched alkanes of at least 4 members (excludes halogenated alkanes) is 1. The SMILES string of the molecule is CCCCNC(=O)CCC1NC(=O)N(CC2(c3ccc(OC)cc3)CCOCC2)C1=O. The fourth-order valence-electron chi connectivity index (χ4n) is 4.24. The highest BCUT2D eigenvalue weighted by molar-refractivity contribution is 6.04. The summed E-state index contributed by atoms with van der Waals surface area (Å²) in [5.74, 6) is 0.414. The Morgan fingerprint density at radius 1 is 1.26 bits per heavy atom. The van der Waals surface area contributed by atoms with E-state index in [9.17, 15) is 14.4 Å². The summed E-state index contributed by atoms with van der Waals surface area (Å²) in [5, 5.41) is 5.61. The Balaban J connectivity index is 1.66. The lowest BCUT2D eigenvalue weighted by Crippen LogP contribution is -2.47. The molecule has 0 spiro atoms. The van der Waals surface area contributed by atoms with Gasteiger partial charge in [0.15, 0.2) is 0 Å². The molecular weight excluding hydrogens is 398 g/mol. The summed E-state index contributed by atoms with van der Waals surface area (Å²) in [7, 11) is 1.62. The second-order valence-electron chi connectivity index (χ2n) is 8.29. The molecule has 0 bridgehead atoms. The molecule has 0 aliphatic carbocycles. The van der Waals surface area contributed by atoms with Crippen molar-refractivity contribution in [2.75, 3.05) is 33.4 Å². The number of hydrogen-bond acceptors (Lipinski definition) is 5. The molecule has 31 heavy (non-hydrogen) atoms. The van der Waals surface area contributed by atoms with E-state index >= 15 is 0 Å². The number of rotatable bonds is 10. The normalized spacial score (nSPS) is 20.5. The maximum absolute atomic E-state index is 13.0. The van der Waals surface area contributed by atoms with E-state index in [1.54, 1.807) is 7.11 Å². The molecule has 170 valence electrons. The molecule has 2 aliphatic rings. The van der Waals surface area contributed by atoms with Gasteiger partial charge in [-0.25, -0.2) is 4.79 Å². The van der Waals surface area contributed by atoms with Crippen LogP contribution in [0.25, 0.3) is 0 Å². The standard InChI is InChI=1S/C23H33N3O5/c1-3-4-13-24-20(27)10-9-19-21(28)26(22(29)25-19)16-23(11-14-31-15-12-23)17-5-7-18(30-2)8-6-17/h5-8,19H,3-4,9-16H2,1-2H3,(H,24,27)(H,25,29). The molecule has 2 fully saturated rings. The largest absolute Gasteiger partial charge is 0.497 e. The number of carbonyl (C=O) groups is 3. The molecule has 0 aromatic heterocycles. The van der Waals surface area contributed by atoms with Gasteiger partial charge in [-0.1, -0.05) is 25.5 Å². The van der Waals surface area contributed by atoms with Crippen molar-refractivity contribution in [2.24, 2.45) is 0 Å². The summed E-state index contributed by atoms with van der Waals surface area (Å²) in [6, 6.07) is 6.76. The van der Waals surface area contributed by atoms with Gasteiger partial charge >= 0.3 is 6.03 Å². The Morgan fingerprint density at radius 3 is 2.61 bits per heavy atom. The minimum atomic E-state index is -0.655. The maximum Gasteiger partial charge on any atom is 0.324 e. The molecule has 3 rings (SSSR count). The van der Waals surface area contributed by atoms with Crippen LogP contribution in [-0.2, 0) is 19.7 Å². The number of imide groups is 1. The van der Waals surface area contributed by atoms with Gasteiger partial charge in [-0.05, 0) is 43.4 Å². The van der Waals surface area contributed by atoms with Crippen molar-refractivity contribution < 1.29 is 23.9 Å². The number of urea groups is 1. The first-order chi connectivity index (χ1) is 15.0.